The quantitative estimate of drug-likeness (QED) is 0.548. The van der Waals surface area contributed by atoms with Crippen molar-refractivity contribution in [3.05, 3.63) is 59.4 Å². The van der Waals surface area contributed by atoms with E-state index in [-0.39, 0.29) is 23.4 Å². The SMILES string of the molecule is COCCNC(=O)CSc1ccccc1C(=O)Nc1ccc(F)cc1C. The molecule has 0 heterocycles. The van der Waals surface area contributed by atoms with Crippen LogP contribution in [0.1, 0.15) is 15.9 Å². The lowest BCUT2D eigenvalue weighted by molar-refractivity contribution is -0.118. The Balaban J connectivity index is 2.03. The molecule has 2 aromatic carbocycles. The molecule has 0 atom stereocenters. The summed E-state index contributed by atoms with van der Waals surface area (Å²) in [7, 11) is 1.57. The number of ether oxygens (including phenoxy) is 1. The normalized spacial score (nSPS) is 10.4. The predicted octanol–water partition coefficient (Wildman–Crippen LogP) is 3.24. The first-order valence-corrected chi connectivity index (χ1v) is 9.05. The van der Waals surface area contributed by atoms with Crippen molar-refractivity contribution in [1.29, 1.82) is 0 Å². The number of carbonyl (C=O) groups excluding carboxylic acids is 2. The third-order valence-corrected chi connectivity index (χ3v) is 4.63. The maximum atomic E-state index is 13.2. The van der Waals surface area contributed by atoms with Gasteiger partial charge in [0.25, 0.3) is 5.91 Å². The van der Waals surface area contributed by atoms with Crippen LogP contribution in [0, 0.1) is 12.7 Å². The summed E-state index contributed by atoms with van der Waals surface area (Å²) in [6.07, 6.45) is 0. The fourth-order valence-corrected chi connectivity index (χ4v) is 3.10. The van der Waals surface area contributed by atoms with E-state index < -0.39 is 0 Å². The number of carbonyl (C=O) groups is 2. The molecule has 2 N–H and O–H groups in total. The third kappa shape index (κ3) is 5.86. The van der Waals surface area contributed by atoms with Crippen molar-refractivity contribution in [2.75, 3.05) is 31.3 Å². The number of hydrogen-bond donors (Lipinski definition) is 2. The summed E-state index contributed by atoms with van der Waals surface area (Å²) >= 11 is 1.29. The highest BCUT2D eigenvalue weighted by molar-refractivity contribution is 8.00. The molecule has 138 valence electrons. The van der Waals surface area contributed by atoms with Crippen LogP contribution in [0.4, 0.5) is 10.1 Å². The van der Waals surface area contributed by atoms with Crippen LogP contribution in [0.15, 0.2) is 47.4 Å². The van der Waals surface area contributed by atoms with Crippen molar-refractivity contribution in [2.24, 2.45) is 0 Å². The van der Waals surface area contributed by atoms with Crippen molar-refractivity contribution in [2.45, 2.75) is 11.8 Å². The number of halogens is 1. The number of hydrogen-bond acceptors (Lipinski definition) is 4. The molecule has 0 aliphatic heterocycles. The first kappa shape index (κ1) is 19.9. The average Bonchev–Trinajstić information content (AvgIpc) is 2.62. The van der Waals surface area contributed by atoms with Gasteiger partial charge in [-0.1, -0.05) is 12.1 Å². The van der Waals surface area contributed by atoms with Crippen LogP contribution >= 0.6 is 11.8 Å². The second kappa shape index (κ2) is 9.94. The van der Waals surface area contributed by atoms with Gasteiger partial charge in [-0.05, 0) is 42.8 Å². The van der Waals surface area contributed by atoms with Gasteiger partial charge in [-0.2, -0.15) is 0 Å². The molecule has 0 saturated heterocycles. The van der Waals surface area contributed by atoms with Gasteiger partial charge in [0.1, 0.15) is 5.82 Å². The second-order valence-corrected chi connectivity index (χ2v) is 6.56. The van der Waals surface area contributed by atoms with E-state index in [4.69, 9.17) is 4.74 Å². The average molecular weight is 376 g/mol. The molecular formula is C19H21FN2O3S. The van der Waals surface area contributed by atoms with Crippen LogP contribution in [-0.2, 0) is 9.53 Å². The minimum Gasteiger partial charge on any atom is -0.383 e. The molecule has 0 radical (unpaired) electrons. The van der Waals surface area contributed by atoms with Gasteiger partial charge in [-0.25, -0.2) is 4.39 Å². The molecule has 0 spiro atoms. The zero-order chi connectivity index (χ0) is 18.9. The Morgan fingerprint density at radius 3 is 2.69 bits per heavy atom. The molecule has 5 nitrogen and oxygen atoms in total. The molecule has 0 bridgehead atoms. The van der Waals surface area contributed by atoms with E-state index in [9.17, 15) is 14.0 Å². The summed E-state index contributed by atoms with van der Waals surface area (Å²) in [5.74, 6) is -0.584. The van der Waals surface area contributed by atoms with Crippen molar-refractivity contribution in [3.63, 3.8) is 0 Å². The number of benzene rings is 2. The number of methoxy groups -OCH3 is 1. The second-order valence-electron chi connectivity index (χ2n) is 5.54. The highest BCUT2D eigenvalue weighted by atomic mass is 32.2. The van der Waals surface area contributed by atoms with E-state index in [0.717, 1.165) is 0 Å². The van der Waals surface area contributed by atoms with E-state index in [1.54, 1.807) is 32.2 Å². The third-order valence-electron chi connectivity index (χ3n) is 3.56. The zero-order valence-electron chi connectivity index (χ0n) is 14.7. The van der Waals surface area contributed by atoms with Crippen molar-refractivity contribution >= 4 is 29.3 Å². The van der Waals surface area contributed by atoms with Crippen molar-refractivity contribution < 1.29 is 18.7 Å². The minimum absolute atomic E-state index is 0.128. The topological polar surface area (TPSA) is 67.4 Å². The van der Waals surface area contributed by atoms with E-state index >= 15 is 0 Å². The molecule has 0 unspecified atom stereocenters. The van der Waals surface area contributed by atoms with Crippen LogP contribution in [0.25, 0.3) is 0 Å². The number of thioether (sulfide) groups is 1. The summed E-state index contributed by atoms with van der Waals surface area (Å²) in [4.78, 5) is 25.1. The molecule has 0 aliphatic rings. The van der Waals surface area contributed by atoms with Crippen LogP contribution < -0.4 is 10.6 Å². The maximum absolute atomic E-state index is 13.2. The molecule has 2 aromatic rings. The molecule has 7 heteroatoms. The summed E-state index contributed by atoms with van der Waals surface area (Å²) in [6, 6.07) is 11.2. The van der Waals surface area contributed by atoms with Gasteiger partial charge in [0, 0.05) is 24.2 Å². The molecule has 2 amide bonds. The molecule has 0 saturated carbocycles. The highest BCUT2D eigenvalue weighted by Gasteiger charge is 2.14. The summed E-state index contributed by atoms with van der Waals surface area (Å²) < 4.78 is 18.1. The van der Waals surface area contributed by atoms with Crippen LogP contribution in [0.3, 0.4) is 0 Å². The molecule has 2 rings (SSSR count). The maximum Gasteiger partial charge on any atom is 0.256 e. The van der Waals surface area contributed by atoms with Crippen LogP contribution in [0.2, 0.25) is 0 Å². The largest absolute Gasteiger partial charge is 0.383 e. The van der Waals surface area contributed by atoms with E-state index in [0.29, 0.717) is 34.9 Å². The first-order chi connectivity index (χ1) is 12.5. The smallest absolute Gasteiger partial charge is 0.256 e. The van der Waals surface area contributed by atoms with Gasteiger partial charge in [-0.15, -0.1) is 11.8 Å². The van der Waals surface area contributed by atoms with Gasteiger partial charge < -0.3 is 15.4 Å². The molecule has 26 heavy (non-hydrogen) atoms. The van der Waals surface area contributed by atoms with E-state index in [1.165, 1.54) is 30.0 Å². The standard InChI is InChI=1S/C19H21FN2O3S/c1-13-11-14(20)7-8-16(13)22-19(24)15-5-3-4-6-17(15)26-12-18(23)21-9-10-25-2/h3-8,11H,9-10,12H2,1-2H3,(H,21,23)(H,22,24). The molecule has 0 aromatic heterocycles. The summed E-state index contributed by atoms with van der Waals surface area (Å²) in [5, 5.41) is 5.52. The van der Waals surface area contributed by atoms with Gasteiger partial charge >= 0.3 is 0 Å². The lowest BCUT2D eigenvalue weighted by atomic mass is 10.1. The summed E-state index contributed by atoms with van der Waals surface area (Å²) in [6.45, 7) is 2.62. The molecular weight excluding hydrogens is 355 g/mol. The number of nitrogens with one attached hydrogen (secondary N) is 2. The zero-order valence-corrected chi connectivity index (χ0v) is 15.5. The predicted molar refractivity (Wildman–Crippen MR) is 101 cm³/mol. The monoisotopic (exact) mass is 376 g/mol. The van der Waals surface area contributed by atoms with Gasteiger partial charge in [-0.3, -0.25) is 9.59 Å². The number of rotatable bonds is 8. The number of amides is 2. The lowest BCUT2D eigenvalue weighted by Crippen LogP contribution is -2.28. The Kier molecular flexibility index (Phi) is 7.62. The van der Waals surface area contributed by atoms with Gasteiger partial charge in [0.2, 0.25) is 5.91 Å². The fourth-order valence-electron chi connectivity index (χ4n) is 2.22. The Morgan fingerprint density at radius 2 is 1.96 bits per heavy atom. The Hall–Kier alpha value is -2.38. The fraction of sp³-hybridized carbons (Fsp3) is 0.263. The van der Waals surface area contributed by atoms with Crippen LogP contribution in [-0.4, -0.2) is 37.8 Å². The van der Waals surface area contributed by atoms with Crippen LogP contribution in [0.5, 0.6) is 0 Å². The molecule has 0 fully saturated rings. The number of aryl methyl sites for hydroxylation is 1. The lowest BCUT2D eigenvalue weighted by Gasteiger charge is -2.12. The molecule has 0 aliphatic carbocycles. The Morgan fingerprint density at radius 1 is 1.19 bits per heavy atom. The van der Waals surface area contributed by atoms with Crippen molar-refractivity contribution in [1.82, 2.24) is 5.32 Å². The van der Waals surface area contributed by atoms with Gasteiger partial charge in [0.05, 0.1) is 17.9 Å². The van der Waals surface area contributed by atoms with Gasteiger partial charge in [0.15, 0.2) is 0 Å². The Bertz CT molecular complexity index is 783. The highest BCUT2D eigenvalue weighted by Crippen LogP contribution is 2.24. The van der Waals surface area contributed by atoms with E-state index in [2.05, 4.69) is 10.6 Å². The first-order valence-electron chi connectivity index (χ1n) is 8.06. The number of anilines is 1. The summed E-state index contributed by atoms with van der Waals surface area (Å²) in [5.41, 5.74) is 1.65. The minimum atomic E-state index is -0.351. The Labute approximate surface area is 156 Å². The van der Waals surface area contributed by atoms with Crippen molar-refractivity contribution in [3.8, 4) is 0 Å². The van der Waals surface area contributed by atoms with E-state index in [1.807, 2.05) is 6.07 Å².